The molecule has 4 rings (SSSR count). The number of sulfonamides is 1. The molecule has 0 atom stereocenters. The largest absolute Gasteiger partial charge is 0.302 e. The number of carbonyl (C=O) groups is 1. The monoisotopic (exact) mass is 458 g/mol. The second-order valence-electron chi connectivity index (χ2n) is 6.84. The van der Waals surface area contributed by atoms with Crippen molar-refractivity contribution in [3.05, 3.63) is 42.5 Å². The summed E-state index contributed by atoms with van der Waals surface area (Å²) in [6, 6.07) is 12.4. The molecule has 0 radical (unpaired) electrons. The lowest BCUT2D eigenvalue weighted by atomic mass is 10.3. The van der Waals surface area contributed by atoms with Gasteiger partial charge in [-0.15, -0.1) is 5.10 Å². The van der Waals surface area contributed by atoms with Crippen molar-refractivity contribution in [3.8, 4) is 0 Å². The molecular formula is C20H22N6O3S2. The van der Waals surface area contributed by atoms with E-state index in [1.165, 1.54) is 21.7 Å². The number of aromatic nitrogens is 4. The maximum absolute atomic E-state index is 12.7. The van der Waals surface area contributed by atoms with Crippen molar-refractivity contribution >= 4 is 53.6 Å². The smallest absolute Gasteiger partial charge is 0.243 e. The first-order valence-corrected chi connectivity index (χ1v) is 12.2. The molecule has 4 aromatic rings. The van der Waals surface area contributed by atoms with Crippen LogP contribution >= 0.6 is 11.3 Å². The van der Waals surface area contributed by atoms with E-state index in [9.17, 15) is 13.2 Å². The van der Waals surface area contributed by atoms with Crippen molar-refractivity contribution in [3.63, 3.8) is 0 Å². The number of benzene rings is 2. The minimum Gasteiger partial charge on any atom is -0.302 e. The average Bonchev–Trinajstić information content (AvgIpc) is 3.35. The molecule has 11 heteroatoms. The molecule has 2 heterocycles. The van der Waals surface area contributed by atoms with E-state index in [0.29, 0.717) is 35.8 Å². The molecule has 1 N–H and O–H groups in total. The lowest BCUT2D eigenvalue weighted by Crippen LogP contribution is -2.30. The Labute approximate surface area is 183 Å². The van der Waals surface area contributed by atoms with Gasteiger partial charge >= 0.3 is 0 Å². The Morgan fingerprint density at radius 2 is 1.90 bits per heavy atom. The van der Waals surface area contributed by atoms with E-state index < -0.39 is 10.0 Å². The molecule has 31 heavy (non-hydrogen) atoms. The van der Waals surface area contributed by atoms with Crippen LogP contribution in [-0.2, 0) is 21.4 Å². The Hall–Kier alpha value is -2.89. The molecule has 2 aromatic carbocycles. The maximum atomic E-state index is 12.7. The van der Waals surface area contributed by atoms with Crippen LogP contribution in [-0.4, -0.2) is 51.7 Å². The van der Waals surface area contributed by atoms with Crippen LogP contribution in [0.4, 0.5) is 5.13 Å². The Balaban J connectivity index is 1.46. The van der Waals surface area contributed by atoms with Crippen LogP contribution < -0.4 is 5.32 Å². The summed E-state index contributed by atoms with van der Waals surface area (Å²) in [6.07, 6.45) is 0.188. The van der Waals surface area contributed by atoms with Crippen molar-refractivity contribution in [2.75, 3.05) is 18.4 Å². The third-order valence-electron chi connectivity index (χ3n) is 4.92. The highest BCUT2D eigenvalue weighted by molar-refractivity contribution is 7.89. The molecule has 0 aliphatic carbocycles. The quantitative estimate of drug-likeness (QED) is 0.434. The van der Waals surface area contributed by atoms with Crippen molar-refractivity contribution in [2.24, 2.45) is 0 Å². The fourth-order valence-corrected chi connectivity index (χ4v) is 5.67. The van der Waals surface area contributed by atoms with Gasteiger partial charge in [-0.2, -0.15) is 4.31 Å². The van der Waals surface area contributed by atoms with Gasteiger partial charge in [-0.05, 0) is 30.3 Å². The SMILES string of the molecule is CCN(CC)S(=O)(=O)c1ccc2c(c1)nnn2CCC(=O)Nc1nc2ccccc2s1. The number of amides is 1. The number of hydrogen-bond donors (Lipinski definition) is 1. The molecule has 162 valence electrons. The third kappa shape index (κ3) is 4.29. The molecular weight excluding hydrogens is 436 g/mol. The number of rotatable bonds is 8. The molecule has 0 unspecified atom stereocenters. The summed E-state index contributed by atoms with van der Waals surface area (Å²) in [5.41, 5.74) is 1.99. The number of nitrogens with zero attached hydrogens (tertiary/aromatic N) is 5. The second kappa shape index (κ2) is 8.69. The van der Waals surface area contributed by atoms with Crippen LogP contribution in [0.25, 0.3) is 21.3 Å². The summed E-state index contributed by atoms with van der Waals surface area (Å²) in [4.78, 5) is 16.9. The molecule has 2 aromatic heterocycles. The minimum atomic E-state index is -3.57. The Kier molecular flexibility index (Phi) is 5.99. The fraction of sp³-hybridized carbons (Fsp3) is 0.300. The van der Waals surface area contributed by atoms with Crippen molar-refractivity contribution in [1.29, 1.82) is 0 Å². The molecule has 9 nitrogen and oxygen atoms in total. The average molecular weight is 459 g/mol. The summed E-state index contributed by atoms with van der Waals surface area (Å²) in [5, 5.41) is 11.5. The summed E-state index contributed by atoms with van der Waals surface area (Å²) < 4.78 is 29.4. The van der Waals surface area contributed by atoms with Crippen LogP contribution in [0.15, 0.2) is 47.4 Å². The predicted octanol–water partition coefficient (Wildman–Crippen LogP) is 3.10. The summed E-state index contributed by atoms with van der Waals surface area (Å²) in [7, 11) is -3.57. The maximum Gasteiger partial charge on any atom is 0.243 e. The van der Waals surface area contributed by atoms with Crippen LogP contribution in [0.5, 0.6) is 0 Å². The third-order valence-corrected chi connectivity index (χ3v) is 7.92. The highest BCUT2D eigenvalue weighted by atomic mass is 32.2. The van der Waals surface area contributed by atoms with E-state index in [0.717, 1.165) is 10.2 Å². The molecule has 0 saturated carbocycles. The van der Waals surface area contributed by atoms with E-state index in [-0.39, 0.29) is 17.2 Å². The number of fused-ring (bicyclic) bond motifs is 2. The number of hydrogen-bond acceptors (Lipinski definition) is 7. The Morgan fingerprint density at radius 1 is 1.13 bits per heavy atom. The van der Waals surface area contributed by atoms with E-state index in [4.69, 9.17) is 0 Å². The first kappa shape index (κ1) is 21.3. The summed E-state index contributed by atoms with van der Waals surface area (Å²) in [5.74, 6) is -0.177. The van der Waals surface area contributed by atoms with Crippen LogP contribution in [0.2, 0.25) is 0 Å². The second-order valence-corrected chi connectivity index (χ2v) is 9.81. The van der Waals surface area contributed by atoms with Gasteiger partial charge in [0.05, 0.1) is 27.2 Å². The molecule has 0 aliphatic rings. The highest BCUT2D eigenvalue weighted by Gasteiger charge is 2.22. The first-order chi connectivity index (χ1) is 14.9. The standard InChI is InChI=1S/C20H22N6O3S2/c1-3-25(4-2)31(28,29)14-9-10-17-16(13-14)23-24-26(17)12-11-19(27)22-20-21-15-7-5-6-8-18(15)30-20/h5-10,13H,3-4,11-12H2,1-2H3,(H,21,22,27). The number of thiazole rings is 1. The molecule has 0 aliphatic heterocycles. The number of anilines is 1. The molecule has 0 bridgehead atoms. The fourth-order valence-electron chi connectivity index (χ4n) is 3.31. The Bertz CT molecular complexity index is 1310. The predicted molar refractivity (Wildman–Crippen MR) is 121 cm³/mol. The van der Waals surface area contributed by atoms with E-state index in [1.54, 1.807) is 30.7 Å². The summed E-state index contributed by atoms with van der Waals surface area (Å²) in [6.45, 7) is 4.71. The van der Waals surface area contributed by atoms with E-state index in [1.807, 2.05) is 24.3 Å². The zero-order chi connectivity index (χ0) is 22.0. The first-order valence-electron chi connectivity index (χ1n) is 9.91. The number of aryl methyl sites for hydroxylation is 1. The van der Waals surface area contributed by atoms with Gasteiger partial charge < -0.3 is 5.32 Å². The van der Waals surface area contributed by atoms with Crippen LogP contribution in [0, 0.1) is 0 Å². The molecule has 0 spiro atoms. The zero-order valence-corrected chi connectivity index (χ0v) is 18.8. The zero-order valence-electron chi connectivity index (χ0n) is 17.1. The number of nitrogens with one attached hydrogen (secondary N) is 1. The number of para-hydroxylation sites is 1. The molecule has 0 saturated heterocycles. The minimum absolute atomic E-state index is 0.177. The van der Waals surface area contributed by atoms with Gasteiger partial charge in [-0.1, -0.05) is 42.5 Å². The normalized spacial score (nSPS) is 12.1. The van der Waals surface area contributed by atoms with Gasteiger partial charge in [0.15, 0.2) is 5.13 Å². The van der Waals surface area contributed by atoms with Gasteiger partial charge in [0.1, 0.15) is 5.52 Å². The van der Waals surface area contributed by atoms with Gasteiger partial charge in [-0.25, -0.2) is 18.1 Å². The van der Waals surface area contributed by atoms with Gasteiger partial charge in [-0.3, -0.25) is 4.79 Å². The van der Waals surface area contributed by atoms with Crippen molar-refractivity contribution in [1.82, 2.24) is 24.3 Å². The van der Waals surface area contributed by atoms with Crippen molar-refractivity contribution < 1.29 is 13.2 Å². The lowest BCUT2D eigenvalue weighted by molar-refractivity contribution is -0.116. The van der Waals surface area contributed by atoms with Gasteiger partial charge in [0, 0.05) is 19.5 Å². The van der Waals surface area contributed by atoms with Crippen LogP contribution in [0.1, 0.15) is 20.3 Å². The van der Waals surface area contributed by atoms with Gasteiger partial charge in [0.2, 0.25) is 15.9 Å². The molecule has 0 fully saturated rings. The Morgan fingerprint density at radius 3 is 2.65 bits per heavy atom. The van der Waals surface area contributed by atoms with Gasteiger partial charge in [0.25, 0.3) is 0 Å². The number of carbonyl (C=O) groups excluding carboxylic acids is 1. The summed E-state index contributed by atoms with van der Waals surface area (Å²) >= 11 is 1.42. The van der Waals surface area contributed by atoms with Crippen molar-refractivity contribution in [2.45, 2.75) is 31.7 Å². The molecule has 1 amide bonds. The van der Waals surface area contributed by atoms with E-state index >= 15 is 0 Å². The topological polar surface area (TPSA) is 110 Å². The van der Waals surface area contributed by atoms with Crippen LogP contribution in [0.3, 0.4) is 0 Å². The lowest BCUT2D eigenvalue weighted by Gasteiger charge is -2.18. The van der Waals surface area contributed by atoms with E-state index in [2.05, 4.69) is 20.6 Å². The highest BCUT2D eigenvalue weighted by Crippen LogP contribution is 2.25.